The number of fused-ring (bicyclic) bond motifs is 1. The van der Waals surface area contributed by atoms with E-state index in [-0.39, 0.29) is 5.56 Å². The molecule has 1 atom stereocenters. The molecule has 3 aromatic carbocycles. The van der Waals surface area contributed by atoms with Crippen LogP contribution in [-0.4, -0.2) is 27.4 Å². The van der Waals surface area contributed by atoms with Gasteiger partial charge in [0.2, 0.25) is 5.69 Å². The largest absolute Gasteiger partial charge is 0.618 e. The molecule has 194 valence electrons. The number of H-pyrrole nitrogens is 1. The quantitative estimate of drug-likeness (QED) is 0.178. The number of anilines is 1. The topological polar surface area (TPSA) is 133 Å². The third-order valence-electron chi connectivity index (χ3n) is 6.60. The minimum Gasteiger partial charge on any atom is -0.618 e. The minimum absolute atomic E-state index is 0.147. The van der Waals surface area contributed by atoms with E-state index in [1.807, 2.05) is 42.5 Å². The summed E-state index contributed by atoms with van der Waals surface area (Å²) >= 11 is 6.31. The third kappa shape index (κ3) is 4.86. The first-order valence-electron chi connectivity index (χ1n) is 12.1. The van der Waals surface area contributed by atoms with E-state index in [4.69, 9.17) is 16.6 Å². The highest BCUT2D eigenvalue weighted by molar-refractivity contribution is 6.31. The van der Waals surface area contributed by atoms with Crippen LogP contribution in [0.5, 0.6) is 0 Å². The summed E-state index contributed by atoms with van der Waals surface area (Å²) in [5.74, 6) is -0.877. The fourth-order valence-electron chi connectivity index (χ4n) is 4.71. The van der Waals surface area contributed by atoms with Gasteiger partial charge in [-0.3, -0.25) is 0 Å². The number of carboxylic acids is 1. The van der Waals surface area contributed by atoms with Crippen LogP contribution in [0, 0.1) is 5.21 Å². The number of carbonyl (C=O) groups is 1. The molecule has 0 amide bonds. The van der Waals surface area contributed by atoms with E-state index >= 15 is 0 Å². The van der Waals surface area contributed by atoms with Gasteiger partial charge in [-0.05, 0) is 54.4 Å². The molecule has 0 bridgehead atoms. The molecule has 1 aliphatic heterocycles. The monoisotopic (exact) mass is 539 g/mol. The molecular formula is C28H22ClN7O3. The molecule has 0 unspecified atom stereocenters. The Kier molecular flexibility index (Phi) is 6.31. The Labute approximate surface area is 227 Å². The van der Waals surface area contributed by atoms with Gasteiger partial charge < -0.3 is 15.3 Å². The van der Waals surface area contributed by atoms with E-state index < -0.39 is 11.9 Å². The highest BCUT2D eigenvalue weighted by Gasteiger charge is 2.27. The Morgan fingerprint density at radius 2 is 1.92 bits per heavy atom. The lowest BCUT2D eigenvalue weighted by molar-refractivity contribution is -0.614. The molecule has 6 rings (SSSR count). The summed E-state index contributed by atoms with van der Waals surface area (Å²) < 4.78 is 0.854. The standard InChI is InChI=1S/C28H22ClN7O3/c29-20-8-11-25(35-16-30-33-34-35)21(14-20)19-7-10-26(36(39)15-19)22(12-17-4-2-1-3-5-17)27-31-23-9-6-18(28(37)38)13-24(23)32-27/h1-11,13-16,22,33-34H,12H2,(H,31,32)(H,37,38)/t22-/m1/s1. The van der Waals surface area contributed by atoms with Crippen molar-refractivity contribution in [1.29, 1.82) is 0 Å². The fourth-order valence-corrected chi connectivity index (χ4v) is 4.88. The molecule has 5 aromatic rings. The molecule has 0 spiro atoms. The minimum atomic E-state index is -1.03. The van der Waals surface area contributed by atoms with Gasteiger partial charge in [0.1, 0.15) is 18.1 Å². The van der Waals surface area contributed by atoms with Crippen LogP contribution < -0.4 is 20.8 Å². The van der Waals surface area contributed by atoms with Gasteiger partial charge in [0, 0.05) is 22.2 Å². The van der Waals surface area contributed by atoms with Gasteiger partial charge in [-0.1, -0.05) is 41.9 Å². The van der Waals surface area contributed by atoms with Crippen LogP contribution in [0.1, 0.15) is 33.4 Å². The summed E-state index contributed by atoms with van der Waals surface area (Å²) in [6.45, 7) is 0. The van der Waals surface area contributed by atoms with E-state index in [2.05, 4.69) is 21.2 Å². The van der Waals surface area contributed by atoms with Crippen molar-refractivity contribution < 1.29 is 14.6 Å². The number of aromatic carboxylic acids is 1. The van der Waals surface area contributed by atoms with Crippen molar-refractivity contribution >= 4 is 40.6 Å². The molecule has 0 fully saturated rings. The Morgan fingerprint density at radius 1 is 1.08 bits per heavy atom. The number of aromatic amines is 1. The van der Waals surface area contributed by atoms with Crippen LogP contribution in [0.4, 0.5) is 5.69 Å². The number of nitrogens with one attached hydrogen (secondary N) is 3. The first kappa shape index (κ1) is 24.4. The van der Waals surface area contributed by atoms with Crippen LogP contribution in [0.25, 0.3) is 22.2 Å². The maximum atomic E-state index is 13.6. The Morgan fingerprint density at radius 3 is 2.67 bits per heavy atom. The summed E-state index contributed by atoms with van der Waals surface area (Å²) in [5, 5.41) is 29.2. The van der Waals surface area contributed by atoms with Crippen molar-refractivity contribution in [2.24, 2.45) is 5.10 Å². The van der Waals surface area contributed by atoms with Crippen LogP contribution in [0.3, 0.4) is 0 Å². The maximum Gasteiger partial charge on any atom is 0.335 e. The summed E-state index contributed by atoms with van der Waals surface area (Å²) in [6.07, 6.45) is 3.62. The van der Waals surface area contributed by atoms with Crippen molar-refractivity contribution in [2.75, 3.05) is 5.01 Å². The second-order valence-electron chi connectivity index (χ2n) is 9.07. The zero-order valence-corrected chi connectivity index (χ0v) is 21.1. The summed E-state index contributed by atoms with van der Waals surface area (Å²) in [6, 6.07) is 23.6. The number of aromatic nitrogens is 3. The molecule has 4 N–H and O–H groups in total. The second-order valence-corrected chi connectivity index (χ2v) is 9.51. The number of benzene rings is 3. The molecule has 0 saturated carbocycles. The molecule has 39 heavy (non-hydrogen) atoms. The van der Waals surface area contributed by atoms with E-state index in [0.717, 1.165) is 21.5 Å². The number of hydrogen-bond acceptors (Lipinski definition) is 7. The van der Waals surface area contributed by atoms with E-state index in [1.54, 1.807) is 35.6 Å². The van der Waals surface area contributed by atoms with Crippen molar-refractivity contribution in [3.8, 4) is 11.1 Å². The first-order chi connectivity index (χ1) is 19.0. The highest BCUT2D eigenvalue weighted by Crippen LogP contribution is 2.34. The zero-order valence-electron chi connectivity index (χ0n) is 20.4. The average molecular weight is 540 g/mol. The van der Waals surface area contributed by atoms with Gasteiger partial charge in [0.25, 0.3) is 0 Å². The number of hydrazone groups is 1. The lowest BCUT2D eigenvalue weighted by atomic mass is 9.94. The molecule has 10 nitrogen and oxygen atoms in total. The fraction of sp³-hybridized carbons (Fsp3) is 0.0714. The number of rotatable bonds is 7. The molecule has 2 aromatic heterocycles. The van der Waals surface area contributed by atoms with Gasteiger partial charge in [0.15, 0.2) is 6.20 Å². The number of nitrogens with zero attached hydrogens (tertiary/aromatic N) is 4. The van der Waals surface area contributed by atoms with Crippen molar-refractivity contribution in [2.45, 2.75) is 12.3 Å². The Bertz CT molecular complexity index is 1720. The smallest absolute Gasteiger partial charge is 0.335 e. The molecule has 0 saturated heterocycles. The third-order valence-corrected chi connectivity index (χ3v) is 6.83. The molecule has 0 radical (unpaired) electrons. The maximum absolute atomic E-state index is 13.6. The highest BCUT2D eigenvalue weighted by atomic mass is 35.5. The van der Waals surface area contributed by atoms with Crippen molar-refractivity contribution in [3.63, 3.8) is 0 Å². The summed E-state index contributed by atoms with van der Waals surface area (Å²) in [5.41, 5.74) is 10.6. The van der Waals surface area contributed by atoms with Gasteiger partial charge >= 0.3 is 5.97 Å². The van der Waals surface area contributed by atoms with E-state index in [0.29, 0.717) is 39.6 Å². The predicted molar refractivity (Wildman–Crippen MR) is 148 cm³/mol. The van der Waals surface area contributed by atoms with E-state index in [9.17, 15) is 15.1 Å². The summed E-state index contributed by atoms with van der Waals surface area (Å²) in [4.78, 5) is 19.5. The molecular weight excluding hydrogens is 518 g/mol. The molecule has 0 aliphatic carbocycles. The zero-order chi connectivity index (χ0) is 26.9. The number of carboxylic acid groups (broad SMARTS) is 1. The average Bonchev–Trinajstić information content (AvgIpc) is 3.62. The summed E-state index contributed by atoms with van der Waals surface area (Å²) in [7, 11) is 0. The lowest BCUT2D eigenvalue weighted by Crippen LogP contribution is -2.37. The number of pyridine rings is 1. The number of hydrazine groups is 2. The lowest BCUT2D eigenvalue weighted by Gasteiger charge is -2.19. The van der Waals surface area contributed by atoms with Crippen LogP contribution in [0.2, 0.25) is 5.02 Å². The SMILES string of the molecule is O=C(O)c1ccc2[nH]c([C@H](Cc3ccccc3)c3ccc(-c4cc(Cl)ccc4N4C=NNN4)c[n+]3[O-])nc2c1. The molecule has 11 heteroatoms. The van der Waals surface area contributed by atoms with Crippen LogP contribution in [0.15, 0.2) is 90.2 Å². The van der Waals surface area contributed by atoms with Gasteiger partial charge in [-0.15, -0.1) is 5.53 Å². The number of halogens is 1. The van der Waals surface area contributed by atoms with Crippen LogP contribution in [-0.2, 0) is 6.42 Å². The van der Waals surface area contributed by atoms with Crippen molar-refractivity contribution in [1.82, 2.24) is 21.0 Å². The molecule has 3 heterocycles. The van der Waals surface area contributed by atoms with E-state index in [1.165, 1.54) is 18.3 Å². The van der Waals surface area contributed by atoms with Gasteiger partial charge in [-0.2, -0.15) is 9.83 Å². The van der Waals surface area contributed by atoms with Crippen molar-refractivity contribution in [3.05, 3.63) is 118 Å². The number of imidazole rings is 1. The second kappa shape index (κ2) is 10.1. The van der Waals surface area contributed by atoms with Gasteiger partial charge in [-0.25, -0.2) is 20.3 Å². The Balaban J connectivity index is 1.43. The number of hydrogen-bond donors (Lipinski definition) is 4. The Hall–Kier alpha value is -4.93. The first-order valence-corrected chi connectivity index (χ1v) is 12.5. The normalized spacial score (nSPS) is 13.5. The van der Waals surface area contributed by atoms with Crippen LogP contribution >= 0.6 is 11.6 Å². The molecule has 1 aliphatic rings. The van der Waals surface area contributed by atoms with Gasteiger partial charge in [0.05, 0.1) is 22.3 Å². The predicted octanol–water partition coefficient (Wildman–Crippen LogP) is 4.36.